The molecule has 0 radical (unpaired) electrons. The number of nitrogens with zero attached hydrogens (tertiary/aromatic N) is 1. The van der Waals surface area contributed by atoms with Crippen molar-refractivity contribution in [2.75, 3.05) is 5.32 Å². The third-order valence-corrected chi connectivity index (χ3v) is 3.68. The highest BCUT2D eigenvalue weighted by molar-refractivity contribution is 7.13. The fourth-order valence-corrected chi connectivity index (χ4v) is 2.54. The SMILES string of the molecule is O=C(O)c1ccc(Nc2nc(C3CC3)cs2)cc1. The molecule has 1 aliphatic rings. The van der Waals surface area contributed by atoms with Crippen LogP contribution in [0.5, 0.6) is 0 Å². The maximum absolute atomic E-state index is 10.7. The molecule has 0 spiro atoms. The zero-order valence-electron chi connectivity index (χ0n) is 9.59. The lowest BCUT2D eigenvalue weighted by Crippen LogP contribution is -1.96. The van der Waals surface area contributed by atoms with E-state index in [1.807, 2.05) is 0 Å². The quantitative estimate of drug-likeness (QED) is 0.883. The Hall–Kier alpha value is -1.88. The Balaban J connectivity index is 1.72. The van der Waals surface area contributed by atoms with Gasteiger partial charge in [-0.1, -0.05) is 0 Å². The fraction of sp³-hybridized carbons (Fsp3) is 0.231. The van der Waals surface area contributed by atoms with Gasteiger partial charge in [0.1, 0.15) is 0 Å². The fourth-order valence-electron chi connectivity index (χ4n) is 1.73. The molecular formula is C13H12N2O2S. The summed E-state index contributed by atoms with van der Waals surface area (Å²) >= 11 is 1.58. The lowest BCUT2D eigenvalue weighted by atomic mass is 10.2. The van der Waals surface area contributed by atoms with Gasteiger partial charge >= 0.3 is 5.97 Å². The minimum absolute atomic E-state index is 0.290. The van der Waals surface area contributed by atoms with E-state index in [4.69, 9.17) is 5.11 Å². The molecule has 92 valence electrons. The van der Waals surface area contributed by atoms with Gasteiger partial charge in [-0.25, -0.2) is 9.78 Å². The first-order valence-electron chi connectivity index (χ1n) is 5.78. The van der Waals surface area contributed by atoms with E-state index in [-0.39, 0.29) is 0 Å². The van der Waals surface area contributed by atoms with Crippen molar-refractivity contribution in [3.63, 3.8) is 0 Å². The lowest BCUT2D eigenvalue weighted by Gasteiger charge is -2.02. The lowest BCUT2D eigenvalue weighted by molar-refractivity contribution is 0.0697. The molecule has 1 saturated carbocycles. The number of carboxylic acid groups (broad SMARTS) is 1. The Bertz CT molecular complexity index is 573. The second-order valence-corrected chi connectivity index (χ2v) is 5.22. The number of hydrogen-bond acceptors (Lipinski definition) is 4. The monoisotopic (exact) mass is 260 g/mol. The van der Waals surface area contributed by atoms with E-state index in [1.165, 1.54) is 18.5 Å². The van der Waals surface area contributed by atoms with Gasteiger partial charge in [0.15, 0.2) is 5.13 Å². The minimum Gasteiger partial charge on any atom is -0.478 e. The number of carbonyl (C=O) groups is 1. The van der Waals surface area contributed by atoms with Crippen molar-refractivity contribution in [1.29, 1.82) is 0 Å². The molecule has 5 heteroatoms. The minimum atomic E-state index is -0.910. The normalized spacial score (nSPS) is 14.4. The summed E-state index contributed by atoms with van der Waals surface area (Å²) in [7, 11) is 0. The van der Waals surface area contributed by atoms with Crippen molar-refractivity contribution in [2.24, 2.45) is 0 Å². The van der Waals surface area contributed by atoms with Gasteiger partial charge in [0.25, 0.3) is 0 Å². The number of anilines is 2. The van der Waals surface area contributed by atoms with Gasteiger partial charge in [0, 0.05) is 17.0 Å². The summed E-state index contributed by atoms with van der Waals surface area (Å²) in [5.41, 5.74) is 2.32. The van der Waals surface area contributed by atoms with Crippen molar-refractivity contribution in [1.82, 2.24) is 4.98 Å². The van der Waals surface area contributed by atoms with E-state index in [2.05, 4.69) is 15.7 Å². The smallest absolute Gasteiger partial charge is 0.335 e. The van der Waals surface area contributed by atoms with Crippen LogP contribution in [0.2, 0.25) is 0 Å². The molecule has 0 bridgehead atoms. The average Bonchev–Trinajstić information content (AvgIpc) is 3.11. The average molecular weight is 260 g/mol. The summed E-state index contributed by atoms with van der Waals surface area (Å²) in [5.74, 6) is -0.252. The molecular weight excluding hydrogens is 248 g/mol. The van der Waals surface area contributed by atoms with Crippen LogP contribution in [0, 0.1) is 0 Å². The third kappa shape index (κ3) is 2.36. The molecule has 0 unspecified atom stereocenters. The number of aromatic nitrogens is 1. The van der Waals surface area contributed by atoms with Gasteiger partial charge < -0.3 is 10.4 Å². The zero-order valence-corrected chi connectivity index (χ0v) is 10.4. The molecule has 1 fully saturated rings. The molecule has 0 aliphatic heterocycles. The van der Waals surface area contributed by atoms with Crippen molar-refractivity contribution < 1.29 is 9.90 Å². The van der Waals surface area contributed by atoms with E-state index >= 15 is 0 Å². The van der Waals surface area contributed by atoms with Gasteiger partial charge in [-0.2, -0.15) is 0 Å². The van der Waals surface area contributed by atoms with Crippen LogP contribution in [0.3, 0.4) is 0 Å². The molecule has 0 atom stereocenters. The number of aromatic carboxylic acids is 1. The van der Waals surface area contributed by atoms with Crippen molar-refractivity contribution >= 4 is 28.1 Å². The summed E-state index contributed by atoms with van der Waals surface area (Å²) < 4.78 is 0. The van der Waals surface area contributed by atoms with Gasteiger partial charge in [0.05, 0.1) is 11.3 Å². The van der Waals surface area contributed by atoms with Gasteiger partial charge in [-0.3, -0.25) is 0 Å². The first kappa shape index (κ1) is 11.2. The molecule has 1 aliphatic carbocycles. The molecule has 3 rings (SSSR count). The Morgan fingerprint density at radius 1 is 1.33 bits per heavy atom. The molecule has 2 aromatic rings. The molecule has 1 aromatic carbocycles. The van der Waals surface area contributed by atoms with E-state index in [0.717, 1.165) is 10.8 Å². The number of nitrogens with one attached hydrogen (secondary N) is 1. The summed E-state index contributed by atoms with van der Waals surface area (Å²) in [6.45, 7) is 0. The molecule has 0 amide bonds. The van der Waals surface area contributed by atoms with Crippen LogP contribution in [-0.2, 0) is 0 Å². The van der Waals surface area contributed by atoms with Crippen molar-refractivity contribution in [3.8, 4) is 0 Å². The third-order valence-electron chi connectivity index (χ3n) is 2.90. The highest BCUT2D eigenvalue weighted by atomic mass is 32.1. The van der Waals surface area contributed by atoms with E-state index < -0.39 is 5.97 Å². The Kier molecular flexibility index (Phi) is 2.76. The van der Waals surface area contributed by atoms with Crippen LogP contribution < -0.4 is 5.32 Å². The number of benzene rings is 1. The number of hydrogen-bond donors (Lipinski definition) is 2. The van der Waals surface area contributed by atoms with Gasteiger partial charge in [0.2, 0.25) is 0 Å². The first-order valence-corrected chi connectivity index (χ1v) is 6.66. The van der Waals surface area contributed by atoms with Gasteiger partial charge in [-0.15, -0.1) is 11.3 Å². The molecule has 1 aromatic heterocycles. The molecule has 0 saturated heterocycles. The Labute approximate surface area is 108 Å². The van der Waals surface area contributed by atoms with Crippen LogP contribution in [0.25, 0.3) is 0 Å². The van der Waals surface area contributed by atoms with E-state index in [9.17, 15) is 4.79 Å². The van der Waals surface area contributed by atoms with Crippen LogP contribution in [-0.4, -0.2) is 16.1 Å². The number of carboxylic acids is 1. The van der Waals surface area contributed by atoms with E-state index in [1.54, 1.807) is 35.6 Å². The second-order valence-electron chi connectivity index (χ2n) is 4.36. The predicted molar refractivity (Wildman–Crippen MR) is 70.8 cm³/mol. The highest BCUT2D eigenvalue weighted by Crippen LogP contribution is 2.41. The zero-order chi connectivity index (χ0) is 12.5. The van der Waals surface area contributed by atoms with Crippen molar-refractivity contribution in [3.05, 3.63) is 40.9 Å². The molecule has 2 N–H and O–H groups in total. The van der Waals surface area contributed by atoms with Crippen LogP contribution in [0.1, 0.15) is 34.8 Å². The first-order chi connectivity index (χ1) is 8.72. The summed E-state index contributed by atoms with van der Waals surface area (Å²) in [6, 6.07) is 6.67. The molecule has 18 heavy (non-hydrogen) atoms. The number of rotatable bonds is 4. The van der Waals surface area contributed by atoms with Crippen molar-refractivity contribution in [2.45, 2.75) is 18.8 Å². The summed E-state index contributed by atoms with van der Waals surface area (Å²) in [6.07, 6.45) is 2.49. The Morgan fingerprint density at radius 3 is 2.67 bits per heavy atom. The highest BCUT2D eigenvalue weighted by Gasteiger charge is 2.25. The predicted octanol–water partition coefficient (Wildman–Crippen LogP) is 3.46. The summed E-state index contributed by atoms with van der Waals surface area (Å²) in [5, 5.41) is 14.9. The Morgan fingerprint density at radius 2 is 2.06 bits per heavy atom. The van der Waals surface area contributed by atoms with Gasteiger partial charge in [-0.05, 0) is 37.1 Å². The number of thiazole rings is 1. The summed E-state index contributed by atoms with van der Waals surface area (Å²) in [4.78, 5) is 15.2. The largest absolute Gasteiger partial charge is 0.478 e. The maximum atomic E-state index is 10.7. The molecule has 1 heterocycles. The van der Waals surface area contributed by atoms with Crippen LogP contribution in [0.15, 0.2) is 29.6 Å². The second kappa shape index (κ2) is 4.42. The topological polar surface area (TPSA) is 62.2 Å². The molecule has 4 nitrogen and oxygen atoms in total. The maximum Gasteiger partial charge on any atom is 0.335 e. The van der Waals surface area contributed by atoms with E-state index in [0.29, 0.717) is 11.5 Å². The van der Waals surface area contributed by atoms with Crippen LogP contribution in [0.4, 0.5) is 10.8 Å². The standard InChI is InChI=1S/C13H12N2O2S/c16-12(17)9-3-5-10(6-4-9)14-13-15-11(7-18-13)8-1-2-8/h3-8H,1-2H2,(H,14,15)(H,16,17). The van der Waals surface area contributed by atoms with Crippen LogP contribution >= 0.6 is 11.3 Å².